The van der Waals surface area contributed by atoms with Crippen LogP contribution in [0.3, 0.4) is 0 Å². The average molecular weight is 269 g/mol. The van der Waals surface area contributed by atoms with Crippen LogP contribution in [0.5, 0.6) is 0 Å². The monoisotopic (exact) mass is 268 g/mol. The summed E-state index contributed by atoms with van der Waals surface area (Å²) in [4.78, 5) is 7.79. The van der Waals surface area contributed by atoms with Crippen molar-refractivity contribution in [2.75, 3.05) is 11.1 Å². The van der Waals surface area contributed by atoms with Crippen molar-refractivity contribution in [1.29, 1.82) is 0 Å². The molecule has 0 fully saturated rings. The number of hydrogen-bond acceptors (Lipinski definition) is 4. The average Bonchev–Trinajstić information content (AvgIpc) is 2.33. The first-order chi connectivity index (χ1) is 8.16. The van der Waals surface area contributed by atoms with Crippen LogP contribution in [0.25, 0.3) is 0 Å². The van der Waals surface area contributed by atoms with Gasteiger partial charge in [0.15, 0.2) is 11.0 Å². The lowest BCUT2D eigenvalue weighted by atomic mass is 10.2. The first-order valence-electron chi connectivity index (χ1n) is 4.91. The summed E-state index contributed by atoms with van der Waals surface area (Å²) in [7, 11) is 0. The second-order valence-electron chi connectivity index (χ2n) is 3.41. The first kappa shape index (κ1) is 12.0. The van der Waals surface area contributed by atoms with Crippen molar-refractivity contribution in [3.05, 3.63) is 46.3 Å². The van der Waals surface area contributed by atoms with E-state index in [1.807, 2.05) is 24.3 Å². The van der Waals surface area contributed by atoms with Crippen molar-refractivity contribution in [2.45, 2.75) is 6.54 Å². The molecular weight excluding hydrogens is 259 g/mol. The van der Waals surface area contributed by atoms with Gasteiger partial charge in [0, 0.05) is 11.6 Å². The van der Waals surface area contributed by atoms with E-state index in [0.29, 0.717) is 23.1 Å². The molecule has 0 spiro atoms. The molecule has 0 amide bonds. The Morgan fingerprint density at radius 2 is 1.82 bits per heavy atom. The van der Waals surface area contributed by atoms with E-state index in [9.17, 15) is 0 Å². The second kappa shape index (κ2) is 5.21. The molecule has 4 nitrogen and oxygen atoms in total. The number of aromatic nitrogens is 2. The zero-order chi connectivity index (χ0) is 12.3. The van der Waals surface area contributed by atoms with Crippen molar-refractivity contribution >= 4 is 34.7 Å². The van der Waals surface area contributed by atoms with E-state index in [1.54, 1.807) is 0 Å². The predicted molar refractivity (Wildman–Crippen MR) is 70.2 cm³/mol. The van der Waals surface area contributed by atoms with E-state index >= 15 is 0 Å². The molecule has 1 aromatic carbocycles. The van der Waals surface area contributed by atoms with Crippen molar-refractivity contribution in [1.82, 2.24) is 9.97 Å². The highest BCUT2D eigenvalue weighted by atomic mass is 35.5. The molecule has 1 heterocycles. The van der Waals surface area contributed by atoms with E-state index in [4.69, 9.17) is 28.9 Å². The van der Waals surface area contributed by atoms with Gasteiger partial charge in [-0.05, 0) is 17.7 Å². The minimum absolute atomic E-state index is 0.249. The highest BCUT2D eigenvalue weighted by Gasteiger charge is 2.05. The van der Waals surface area contributed by atoms with Crippen molar-refractivity contribution in [3.63, 3.8) is 0 Å². The smallest absolute Gasteiger partial charge is 0.157 e. The zero-order valence-electron chi connectivity index (χ0n) is 8.82. The quantitative estimate of drug-likeness (QED) is 0.841. The molecule has 88 valence electrons. The van der Waals surface area contributed by atoms with Crippen LogP contribution < -0.4 is 11.1 Å². The third-order valence-electron chi connectivity index (χ3n) is 2.21. The molecule has 0 aliphatic rings. The zero-order valence-corrected chi connectivity index (χ0v) is 10.3. The Labute approximate surface area is 109 Å². The second-order valence-corrected chi connectivity index (χ2v) is 4.20. The minimum Gasteiger partial charge on any atom is -0.393 e. The number of halogens is 2. The maximum atomic E-state index is 5.80. The van der Waals surface area contributed by atoms with Gasteiger partial charge in [0.1, 0.15) is 12.0 Å². The van der Waals surface area contributed by atoms with Crippen LogP contribution in [0, 0.1) is 0 Å². The summed E-state index contributed by atoms with van der Waals surface area (Å²) >= 11 is 11.6. The van der Waals surface area contributed by atoms with Crippen LogP contribution >= 0.6 is 23.2 Å². The Morgan fingerprint density at radius 1 is 1.12 bits per heavy atom. The fraction of sp³-hybridized carbons (Fsp3) is 0.0909. The molecule has 0 aliphatic heterocycles. The number of nitrogen functional groups attached to an aromatic ring is 1. The Hall–Kier alpha value is -1.52. The predicted octanol–water partition coefficient (Wildman–Crippen LogP) is 2.98. The van der Waals surface area contributed by atoms with Crippen molar-refractivity contribution in [3.8, 4) is 0 Å². The van der Waals surface area contributed by atoms with Crippen LogP contribution in [-0.2, 0) is 6.54 Å². The lowest BCUT2D eigenvalue weighted by Crippen LogP contribution is -2.05. The van der Waals surface area contributed by atoms with E-state index in [2.05, 4.69) is 15.3 Å². The minimum atomic E-state index is 0.249. The number of hydrogen-bond donors (Lipinski definition) is 2. The lowest BCUT2D eigenvalue weighted by Gasteiger charge is -2.08. The molecule has 17 heavy (non-hydrogen) atoms. The van der Waals surface area contributed by atoms with E-state index in [0.717, 1.165) is 5.56 Å². The van der Waals surface area contributed by atoms with Gasteiger partial charge in [-0.2, -0.15) is 0 Å². The summed E-state index contributed by atoms with van der Waals surface area (Å²) in [5.41, 5.74) is 7.15. The van der Waals surface area contributed by atoms with Crippen molar-refractivity contribution in [2.24, 2.45) is 0 Å². The third kappa shape index (κ3) is 2.99. The molecule has 6 heteroatoms. The lowest BCUT2D eigenvalue weighted by molar-refractivity contribution is 1.08. The van der Waals surface area contributed by atoms with Crippen LogP contribution in [-0.4, -0.2) is 9.97 Å². The summed E-state index contributed by atoms with van der Waals surface area (Å²) in [5, 5.41) is 4.04. The van der Waals surface area contributed by atoms with Gasteiger partial charge in [0.05, 0.1) is 0 Å². The Balaban J connectivity index is 2.07. The van der Waals surface area contributed by atoms with E-state index in [1.165, 1.54) is 6.33 Å². The van der Waals surface area contributed by atoms with Gasteiger partial charge in [0.25, 0.3) is 0 Å². The Kier molecular flexibility index (Phi) is 3.66. The fourth-order valence-electron chi connectivity index (χ4n) is 1.30. The summed E-state index contributed by atoms with van der Waals surface area (Å²) in [6.45, 7) is 0.592. The number of nitrogens with two attached hydrogens (primary N) is 1. The molecule has 2 rings (SSSR count). The highest BCUT2D eigenvalue weighted by Crippen LogP contribution is 2.22. The molecule has 0 saturated carbocycles. The van der Waals surface area contributed by atoms with Crippen molar-refractivity contribution < 1.29 is 0 Å². The largest absolute Gasteiger partial charge is 0.393 e. The molecule has 0 saturated heterocycles. The van der Waals surface area contributed by atoms with Crippen LogP contribution in [0.15, 0.2) is 30.6 Å². The summed E-state index contributed by atoms with van der Waals surface area (Å²) in [5.74, 6) is 0.528. The molecule has 1 aromatic heterocycles. The van der Waals surface area contributed by atoms with E-state index < -0.39 is 0 Å². The number of benzene rings is 1. The normalized spacial score (nSPS) is 10.2. The van der Waals surface area contributed by atoms with E-state index in [-0.39, 0.29) is 5.15 Å². The summed E-state index contributed by atoms with van der Waals surface area (Å²) in [6, 6.07) is 7.51. The van der Waals surface area contributed by atoms with Gasteiger partial charge in [0.2, 0.25) is 0 Å². The molecule has 2 aromatic rings. The summed E-state index contributed by atoms with van der Waals surface area (Å²) < 4.78 is 0. The molecule has 0 radical (unpaired) electrons. The number of rotatable bonds is 3. The van der Waals surface area contributed by atoms with Gasteiger partial charge in [-0.3, -0.25) is 0 Å². The Morgan fingerprint density at radius 3 is 2.53 bits per heavy atom. The number of anilines is 2. The highest BCUT2D eigenvalue weighted by molar-refractivity contribution is 6.32. The Bertz CT molecular complexity index is 513. The molecule has 0 atom stereocenters. The van der Waals surface area contributed by atoms with Gasteiger partial charge < -0.3 is 11.1 Å². The topological polar surface area (TPSA) is 63.8 Å². The van der Waals surface area contributed by atoms with Gasteiger partial charge in [-0.15, -0.1) is 0 Å². The maximum absolute atomic E-state index is 5.80. The fourth-order valence-corrected chi connectivity index (χ4v) is 1.56. The third-order valence-corrected chi connectivity index (χ3v) is 2.76. The molecule has 0 unspecified atom stereocenters. The van der Waals surface area contributed by atoms with Crippen LogP contribution in [0.4, 0.5) is 11.5 Å². The first-order valence-corrected chi connectivity index (χ1v) is 5.66. The molecule has 3 N–H and O–H groups in total. The number of nitrogens with one attached hydrogen (secondary N) is 1. The number of nitrogens with zero attached hydrogens (tertiary/aromatic N) is 2. The maximum Gasteiger partial charge on any atom is 0.157 e. The van der Waals surface area contributed by atoms with Gasteiger partial charge in [-0.25, -0.2) is 9.97 Å². The summed E-state index contributed by atoms with van der Waals surface area (Å²) in [6.07, 6.45) is 1.36. The molecule has 0 aliphatic carbocycles. The SMILES string of the molecule is Nc1c(Cl)ncnc1NCc1ccc(Cl)cc1. The van der Waals surface area contributed by atoms with Crippen LogP contribution in [0.1, 0.15) is 5.56 Å². The standard InChI is InChI=1S/C11H10Cl2N4/c12-8-3-1-7(2-4-8)5-15-11-9(14)10(13)16-6-17-11/h1-4,6H,5,14H2,(H,15,16,17). The van der Waals surface area contributed by atoms with Gasteiger partial charge in [-0.1, -0.05) is 35.3 Å². The van der Waals surface area contributed by atoms with Gasteiger partial charge >= 0.3 is 0 Å². The molecular formula is C11H10Cl2N4. The molecule has 0 bridgehead atoms. The van der Waals surface area contributed by atoms with Crippen LogP contribution in [0.2, 0.25) is 10.2 Å².